The third kappa shape index (κ3) is 5.18. The number of fused-ring (bicyclic) bond motifs is 1. The van der Waals surface area contributed by atoms with Gasteiger partial charge in [-0.25, -0.2) is 17.5 Å². The van der Waals surface area contributed by atoms with E-state index in [1.54, 1.807) is 12.1 Å². The molecule has 2 aromatic rings. The second-order valence-electron chi connectivity index (χ2n) is 8.90. The van der Waals surface area contributed by atoms with Crippen molar-refractivity contribution in [2.75, 3.05) is 13.4 Å². The van der Waals surface area contributed by atoms with Gasteiger partial charge in [0, 0.05) is 27.7 Å². The highest BCUT2D eigenvalue weighted by molar-refractivity contribution is 7.88. The predicted molar refractivity (Wildman–Crippen MR) is 131 cm³/mol. The van der Waals surface area contributed by atoms with E-state index < -0.39 is 51.8 Å². The van der Waals surface area contributed by atoms with Gasteiger partial charge in [0.05, 0.1) is 19.4 Å². The SMILES string of the molecule is COC(=O)[C@@H]1c2cc(F)ccc2C(=O)N([C@H]2CCCC[C@@H]2NS(C)(=O)=O)[C@H]1c1ccc(Cl)cc1Cl. The molecule has 4 rings (SSSR count). The van der Waals surface area contributed by atoms with Crippen molar-refractivity contribution in [3.8, 4) is 0 Å². The number of benzene rings is 2. The van der Waals surface area contributed by atoms with Crippen molar-refractivity contribution in [1.29, 1.82) is 0 Å². The molecule has 35 heavy (non-hydrogen) atoms. The maximum absolute atomic E-state index is 14.3. The molecule has 0 radical (unpaired) electrons. The van der Waals surface area contributed by atoms with Crippen molar-refractivity contribution in [1.82, 2.24) is 9.62 Å². The highest BCUT2D eigenvalue weighted by Gasteiger charge is 2.50. The fraction of sp³-hybridized carbons (Fsp3) is 0.417. The van der Waals surface area contributed by atoms with Crippen LogP contribution in [-0.2, 0) is 19.6 Å². The second kappa shape index (κ2) is 10.0. The number of ether oxygens (including phenoxy) is 1. The first-order valence-electron chi connectivity index (χ1n) is 11.1. The molecule has 2 aliphatic rings. The fourth-order valence-electron chi connectivity index (χ4n) is 5.25. The maximum atomic E-state index is 14.3. The lowest BCUT2D eigenvalue weighted by Gasteiger charge is -2.48. The first-order valence-corrected chi connectivity index (χ1v) is 13.8. The normalized spacial score (nSPS) is 24.7. The van der Waals surface area contributed by atoms with Gasteiger partial charge >= 0.3 is 5.97 Å². The lowest BCUT2D eigenvalue weighted by Crippen LogP contribution is -2.58. The van der Waals surface area contributed by atoms with Crippen LogP contribution in [0.5, 0.6) is 0 Å². The van der Waals surface area contributed by atoms with Crippen LogP contribution in [0.15, 0.2) is 36.4 Å². The van der Waals surface area contributed by atoms with Crippen molar-refractivity contribution in [2.45, 2.75) is 49.7 Å². The smallest absolute Gasteiger partial charge is 0.315 e. The van der Waals surface area contributed by atoms with E-state index in [-0.39, 0.29) is 16.1 Å². The van der Waals surface area contributed by atoms with Crippen molar-refractivity contribution in [3.63, 3.8) is 0 Å². The van der Waals surface area contributed by atoms with Crippen LogP contribution in [0, 0.1) is 5.82 Å². The minimum Gasteiger partial charge on any atom is -0.468 e. The number of sulfonamides is 1. The highest BCUT2D eigenvalue weighted by atomic mass is 35.5. The lowest BCUT2D eigenvalue weighted by atomic mass is 9.77. The zero-order chi connectivity index (χ0) is 25.5. The van der Waals surface area contributed by atoms with E-state index in [4.69, 9.17) is 27.9 Å². The second-order valence-corrected chi connectivity index (χ2v) is 11.5. The molecule has 0 unspecified atom stereocenters. The summed E-state index contributed by atoms with van der Waals surface area (Å²) in [6.45, 7) is 0. The minimum absolute atomic E-state index is 0.159. The summed E-state index contributed by atoms with van der Waals surface area (Å²) < 4.78 is 46.4. The van der Waals surface area contributed by atoms with Gasteiger partial charge in [-0.05, 0) is 54.3 Å². The molecule has 0 spiro atoms. The summed E-state index contributed by atoms with van der Waals surface area (Å²) in [7, 11) is -2.36. The van der Waals surface area contributed by atoms with E-state index in [2.05, 4.69) is 4.72 Å². The molecule has 1 N–H and O–H groups in total. The molecule has 1 saturated carbocycles. The summed E-state index contributed by atoms with van der Waals surface area (Å²) in [6, 6.07) is 6.26. The number of nitrogens with one attached hydrogen (secondary N) is 1. The summed E-state index contributed by atoms with van der Waals surface area (Å²) >= 11 is 12.7. The standard InChI is InChI=1S/C24H25Cl2FN2O5S/c1-34-24(31)21-17-12-14(27)8-10-15(17)23(30)29(22(21)16-9-7-13(25)11-18(16)26)20-6-4-3-5-19(20)28-35(2,32)33/h7-12,19-22,28H,3-6H2,1-2H3/t19-,20-,21+,22-/m0/s1. The fourth-order valence-corrected chi connectivity index (χ4v) is 6.59. The number of carbonyl (C=O) groups is 2. The number of rotatable bonds is 5. The molecular weight excluding hydrogens is 518 g/mol. The van der Waals surface area contributed by atoms with Crippen LogP contribution in [-0.4, -0.2) is 50.6 Å². The number of methoxy groups -OCH3 is 1. The van der Waals surface area contributed by atoms with Crippen molar-refractivity contribution < 1.29 is 27.1 Å². The molecule has 11 heteroatoms. The molecule has 1 amide bonds. The van der Waals surface area contributed by atoms with Crippen LogP contribution in [0.4, 0.5) is 4.39 Å². The molecule has 0 bridgehead atoms. The number of carbonyl (C=O) groups excluding carboxylic acids is 2. The molecule has 4 atom stereocenters. The van der Waals surface area contributed by atoms with Gasteiger partial charge in [0.25, 0.3) is 5.91 Å². The van der Waals surface area contributed by atoms with Crippen molar-refractivity contribution in [3.05, 3.63) is 69.0 Å². The number of esters is 1. The van der Waals surface area contributed by atoms with Gasteiger partial charge in [0.2, 0.25) is 10.0 Å². The van der Waals surface area contributed by atoms with E-state index >= 15 is 0 Å². The van der Waals surface area contributed by atoms with E-state index in [0.717, 1.165) is 31.2 Å². The number of nitrogens with zero attached hydrogens (tertiary/aromatic N) is 1. The Morgan fingerprint density at radius 1 is 1.11 bits per heavy atom. The first-order chi connectivity index (χ1) is 16.5. The van der Waals surface area contributed by atoms with E-state index in [9.17, 15) is 22.4 Å². The van der Waals surface area contributed by atoms with Gasteiger partial charge in [-0.15, -0.1) is 0 Å². The summed E-state index contributed by atoms with van der Waals surface area (Å²) in [5.74, 6) is -2.81. The average molecular weight is 543 g/mol. The van der Waals surface area contributed by atoms with Crippen LogP contribution in [0.25, 0.3) is 0 Å². The van der Waals surface area contributed by atoms with Crippen LogP contribution in [0.3, 0.4) is 0 Å². The van der Waals surface area contributed by atoms with Crippen LogP contribution < -0.4 is 4.72 Å². The number of amides is 1. The van der Waals surface area contributed by atoms with Gasteiger partial charge in [0.1, 0.15) is 11.7 Å². The lowest BCUT2D eigenvalue weighted by molar-refractivity contribution is -0.144. The Kier molecular flexibility index (Phi) is 7.43. The number of hydrogen-bond donors (Lipinski definition) is 1. The first kappa shape index (κ1) is 25.9. The molecule has 1 heterocycles. The predicted octanol–water partition coefficient (Wildman–Crippen LogP) is 4.45. The third-order valence-electron chi connectivity index (χ3n) is 6.62. The van der Waals surface area contributed by atoms with Crippen molar-refractivity contribution >= 4 is 45.1 Å². The molecule has 188 valence electrons. The van der Waals surface area contributed by atoms with Crippen LogP contribution in [0.1, 0.15) is 59.1 Å². The van der Waals surface area contributed by atoms with Crippen LogP contribution >= 0.6 is 23.2 Å². The quantitative estimate of drug-likeness (QED) is 0.563. The molecule has 1 aliphatic carbocycles. The molecule has 0 aromatic heterocycles. The Morgan fingerprint density at radius 2 is 1.83 bits per heavy atom. The molecule has 7 nitrogen and oxygen atoms in total. The summed E-state index contributed by atoms with van der Waals surface area (Å²) in [6.07, 6.45) is 3.63. The molecule has 1 fully saturated rings. The molecule has 1 aliphatic heterocycles. The number of halogens is 3. The Balaban J connectivity index is 1.97. The van der Waals surface area contributed by atoms with Gasteiger partial charge in [0.15, 0.2) is 0 Å². The summed E-state index contributed by atoms with van der Waals surface area (Å²) in [5.41, 5.74) is 0.780. The molecule has 0 saturated heterocycles. The Morgan fingerprint density at radius 3 is 2.49 bits per heavy atom. The van der Waals surface area contributed by atoms with Gasteiger partial charge in [-0.2, -0.15) is 0 Å². The Labute approximate surface area is 213 Å². The zero-order valence-electron chi connectivity index (χ0n) is 19.1. The van der Waals surface area contributed by atoms with Gasteiger partial charge < -0.3 is 9.64 Å². The average Bonchev–Trinajstić information content (AvgIpc) is 2.78. The van der Waals surface area contributed by atoms with Gasteiger partial charge in [-0.3, -0.25) is 9.59 Å². The molecular formula is C24H25Cl2FN2O5S. The van der Waals surface area contributed by atoms with Crippen LogP contribution in [0.2, 0.25) is 10.0 Å². The molecule has 2 aromatic carbocycles. The topological polar surface area (TPSA) is 92.8 Å². The van der Waals surface area contributed by atoms with Gasteiger partial charge in [-0.1, -0.05) is 42.1 Å². The van der Waals surface area contributed by atoms with E-state index in [0.29, 0.717) is 23.4 Å². The van der Waals surface area contributed by atoms with E-state index in [1.165, 1.54) is 24.1 Å². The number of hydrogen-bond acceptors (Lipinski definition) is 5. The van der Waals surface area contributed by atoms with E-state index in [1.807, 2.05) is 0 Å². The minimum atomic E-state index is -3.58. The Bertz CT molecular complexity index is 1270. The third-order valence-corrected chi connectivity index (χ3v) is 7.91. The zero-order valence-corrected chi connectivity index (χ0v) is 21.5. The maximum Gasteiger partial charge on any atom is 0.315 e. The summed E-state index contributed by atoms with van der Waals surface area (Å²) in [5, 5.41) is 0.584. The monoisotopic (exact) mass is 542 g/mol. The Hall–Kier alpha value is -2.20. The van der Waals surface area contributed by atoms with Crippen molar-refractivity contribution in [2.24, 2.45) is 0 Å². The highest BCUT2D eigenvalue weighted by Crippen LogP contribution is 2.48. The largest absolute Gasteiger partial charge is 0.468 e. The summed E-state index contributed by atoms with van der Waals surface area (Å²) in [4.78, 5) is 28.7.